The van der Waals surface area contributed by atoms with Crippen LogP contribution in [0.15, 0.2) is 12.2 Å². The SMILES string of the molecule is CC/C=C/CCOC(=O)CCCCCCCCC. The van der Waals surface area contributed by atoms with E-state index in [9.17, 15) is 4.79 Å². The molecule has 0 N–H and O–H groups in total. The molecule has 106 valence electrons. The van der Waals surface area contributed by atoms with Gasteiger partial charge in [0, 0.05) is 6.42 Å². The fourth-order valence-electron chi connectivity index (χ4n) is 1.82. The maximum atomic E-state index is 11.4. The molecule has 0 fully saturated rings. The summed E-state index contributed by atoms with van der Waals surface area (Å²) >= 11 is 0. The standard InChI is InChI=1S/C16H30O2/c1-3-5-7-9-10-11-12-14-16(17)18-15-13-8-6-4-2/h6,8H,3-5,7,9-15H2,1-2H3/b8-6+. The van der Waals surface area contributed by atoms with Crippen molar-refractivity contribution in [3.05, 3.63) is 12.2 Å². The highest BCUT2D eigenvalue weighted by molar-refractivity contribution is 5.69. The average Bonchev–Trinajstić information content (AvgIpc) is 2.37. The van der Waals surface area contributed by atoms with Crippen molar-refractivity contribution in [2.45, 2.75) is 78.1 Å². The van der Waals surface area contributed by atoms with Crippen LogP contribution in [-0.2, 0) is 9.53 Å². The number of ether oxygens (including phenoxy) is 1. The van der Waals surface area contributed by atoms with Crippen LogP contribution in [0.2, 0.25) is 0 Å². The molecule has 0 heterocycles. The summed E-state index contributed by atoms with van der Waals surface area (Å²) in [6.45, 7) is 4.86. The van der Waals surface area contributed by atoms with E-state index < -0.39 is 0 Å². The van der Waals surface area contributed by atoms with Crippen LogP contribution in [0.1, 0.15) is 78.1 Å². The number of unbranched alkanes of at least 4 members (excludes halogenated alkanes) is 6. The Bertz CT molecular complexity index is 209. The second kappa shape index (κ2) is 14.3. The van der Waals surface area contributed by atoms with Crippen molar-refractivity contribution in [3.8, 4) is 0 Å². The van der Waals surface area contributed by atoms with Gasteiger partial charge in [-0.1, -0.05) is 64.5 Å². The van der Waals surface area contributed by atoms with Crippen LogP contribution < -0.4 is 0 Å². The first-order chi connectivity index (χ1) is 8.81. The van der Waals surface area contributed by atoms with E-state index in [-0.39, 0.29) is 5.97 Å². The van der Waals surface area contributed by atoms with Crippen molar-refractivity contribution in [2.24, 2.45) is 0 Å². The van der Waals surface area contributed by atoms with Crippen LogP contribution in [0.5, 0.6) is 0 Å². The van der Waals surface area contributed by atoms with E-state index in [1.54, 1.807) is 0 Å². The third-order valence-electron chi connectivity index (χ3n) is 2.93. The number of hydrogen-bond donors (Lipinski definition) is 0. The average molecular weight is 254 g/mol. The lowest BCUT2D eigenvalue weighted by Crippen LogP contribution is -2.04. The molecule has 0 aromatic carbocycles. The third kappa shape index (κ3) is 13.3. The van der Waals surface area contributed by atoms with Gasteiger partial charge in [0.2, 0.25) is 0 Å². The number of rotatable bonds is 12. The molecule has 0 amide bonds. The van der Waals surface area contributed by atoms with Gasteiger partial charge in [-0.15, -0.1) is 0 Å². The van der Waals surface area contributed by atoms with Crippen LogP contribution in [0.3, 0.4) is 0 Å². The zero-order valence-corrected chi connectivity index (χ0v) is 12.2. The van der Waals surface area contributed by atoms with E-state index in [0.29, 0.717) is 13.0 Å². The summed E-state index contributed by atoms with van der Waals surface area (Å²) in [4.78, 5) is 11.4. The van der Waals surface area contributed by atoms with Gasteiger partial charge >= 0.3 is 5.97 Å². The predicted molar refractivity (Wildman–Crippen MR) is 77.6 cm³/mol. The first-order valence-corrected chi connectivity index (χ1v) is 7.61. The molecule has 2 nitrogen and oxygen atoms in total. The number of esters is 1. The van der Waals surface area contributed by atoms with Crippen LogP contribution in [0.4, 0.5) is 0 Å². The van der Waals surface area contributed by atoms with Crippen molar-refractivity contribution in [2.75, 3.05) is 6.61 Å². The molecule has 0 aromatic heterocycles. The second-order valence-corrected chi connectivity index (χ2v) is 4.76. The van der Waals surface area contributed by atoms with Gasteiger partial charge in [0.05, 0.1) is 6.61 Å². The summed E-state index contributed by atoms with van der Waals surface area (Å²) in [6, 6.07) is 0. The van der Waals surface area contributed by atoms with E-state index in [1.165, 1.54) is 32.1 Å². The molecule has 18 heavy (non-hydrogen) atoms. The van der Waals surface area contributed by atoms with Crippen molar-refractivity contribution in [3.63, 3.8) is 0 Å². The van der Waals surface area contributed by atoms with E-state index >= 15 is 0 Å². The minimum atomic E-state index is -0.0338. The third-order valence-corrected chi connectivity index (χ3v) is 2.93. The highest BCUT2D eigenvalue weighted by Crippen LogP contribution is 2.08. The van der Waals surface area contributed by atoms with Gasteiger partial charge in [-0.3, -0.25) is 4.79 Å². The number of hydrogen-bond acceptors (Lipinski definition) is 2. The van der Waals surface area contributed by atoms with Crippen LogP contribution >= 0.6 is 0 Å². The van der Waals surface area contributed by atoms with E-state index in [4.69, 9.17) is 4.74 Å². The lowest BCUT2D eigenvalue weighted by Gasteiger charge is -2.03. The number of carbonyl (C=O) groups is 1. The van der Waals surface area contributed by atoms with Gasteiger partial charge < -0.3 is 4.74 Å². The van der Waals surface area contributed by atoms with Gasteiger partial charge in [-0.05, 0) is 19.3 Å². The maximum Gasteiger partial charge on any atom is 0.305 e. The number of allylic oxidation sites excluding steroid dienone is 1. The fraction of sp³-hybridized carbons (Fsp3) is 0.812. The molecule has 0 radical (unpaired) electrons. The number of carbonyl (C=O) groups excluding carboxylic acids is 1. The zero-order valence-electron chi connectivity index (χ0n) is 12.2. The first kappa shape index (κ1) is 17.2. The molecule has 0 rings (SSSR count). The Labute approximate surface area is 113 Å². The Hall–Kier alpha value is -0.790. The Morgan fingerprint density at radius 1 is 0.944 bits per heavy atom. The first-order valence-electron chi connectivity index (χ1n) is 7.61. The molecule has 0 saturated heterocycles. The van der Waals surface area contributed by atoms with Gasteiger partial charge in [-0.25, -0.2) is 0 Å². The lowest BCUT2D eigenvalue weighted by molar-refractivity contribution is -0.143. The smallest absolute Gasteiger partial charge is 0.305 e. The Kier molecular flexibility index (Phi) is 13.6. The molecule has 0 saturated carbocycles. The normalized spacial score (nSPS) is 11.0. The highest BCUT2D eigenvalue weighted by atomic mass is 16.5. The molecular formula is C16H30O2. The maximum absolute atomic E-state index is 11.4. The molecular weight excluding hydrogens is 224 g/mol. The van der Waals surface area contributed by atoms with Crippen molar-refractivity contribution in [1.29, 1.82) is 0 Å². The minimum absolute atomic E-state index is 0.0338. The monoisotopic (exact) mass is 254 g/mol. The quantitative estimate of drug-likeness (QED) is 0.277. The molecule has 2 heteroatoms. The molecule has 0 aliphatic carbocycles. The Morgan fingerprint density at radius 3 is 2.28 bits per heavy atom. The summed E-state index contributed by atoms with van der Waals surface area (Å²) in [7, 11) is 0. The lowest BCUT2D eigenvalue weighted by atomic mass is 10.1. The van der Waals surface area contributed by atoms with Gasteiger partial charge in [0.1, 0.15) is 0 Å². The molecule has 0 aromatic rings. The summed E-state index contributed by atoms with van der Waals surface area (Å²) in [6.07, 6.45) is 15.3. The molecule has 0 bridgehead atoms. The summed E-state index contributed by atoms with van der Waals surface area (Å²) in [5.74, 6) is -0.0338. The van der Waals surface area contributed by atoms with Crippen molar-refractivity contribution < 1.29 is 9.53 Å². The topological polar surface area (TPSA) is 26.3 Å². The fourth-order valence-corrected chi connectivity index (χ4v) is 1.82. The largest absolute Gasteiger partial charge is 0.465 e. The Balaban J connectivity index is 3.19. The van der Waals surface area contributed by atoms with Crippen LogP contribution in [0.25, 0.3) is 0 Å². The zero-order chi connectivity index (χ0) is 13.5. The van der Waals surface area contributed by atoms with Crippen LogP contribution in [-0.4, -0.2) is 12.6 Å². The highest BCUT2D eigenvalue weighted by Gasteiger charge is 2.01. The minimum Gasteiger partial charge on any atom is -0.465 e. The van der Waals surface area contributed by atoms with E-state index in [0.717, 1.165) is 25.7 Å². The van der Waals surface area contributed by atoms with Crippen molar-refractivity contribution >= 4 is 5.97 Å². The van der Waals surface area contributed by atoms with E-state index in [1.807, 2.05) is 0 Å². The Morgan fingerprint density at radius 2 is 1.61 bits per heavy atom. The molecule has 0 aliphatic rings. The van der Waals surface area contributed by atoms with Gasteiger partial charge in [-0.2, -0.15) is 0 Å². The summed E-state index contributed by atoms with van der Waals surface area (Å²) in [5.41, 5.74) is 0. The summed E-state index contributed by atoms with van der Waals surface area (Å²) < 4.78 is 5.14. The van der Waals surface area contributed by atoms with Gasteiger partial charge in [0.15, 0.2) is 0 Å². The van der Waals surface area contributed by atoms with Crippen LogP contribution in [0, 0.1) is 0 Å². The summed E-state index contributed by atoms with van der Waals surface area (Å²) in [5, 5.41) is 0. The molecule has 0 spiro atoms. The van der Waals surface area contributed by atoms with Gasteiger partial charge in [0.25, 0.3) is 0 Å². The second-order valence-electron chi connectivity index (χ2n) is 4.76. The van der Waals surface area contributed by atoms with Crippen molar-refractivity contribution in [1.82, 2.24) is 0 Å². The molecule has 0 aliphatic heterocycles. The van der Waals surface area contributed by atoms with E-state index in [2.05, 4.69) is 26.0 Å². The molecule has 0 atom stereocenters. The predicted octanol–water partition coefficient (Wildman–Crippen LogP) is 5.03. The molecule has 0 unspecified atom stereocenters.